The second-order valence-corrected chi connectivity index (χ2v) is 3.39. The molecule has 1 aromatic rings. The summed E-state index contributed by atoms with van der Waals surface area (Å²) in [4.78, 5) is 0. The van der Waals surface area contributed by atoms with Crippen LogP contribution in [0.25, 0.3) is 0 Å². The zero-order chi connectivity index (χ0) is 10.2. The van der Waals surface area contributed by atoms with Gasteiger partial charge in [-0.15, -0.1) is 0 Å². The van der Waals surface area contributed by atoms with Crippen molar-refractivity contribution in [3.05, 3.63) is 23.7 Å². The molecule has 0 aliphatic rings. The van der Waals surface area contributed by atoms with Crippen molar-refractivity contribution in [1.82, 2.24) is 10.6 Å². The Morgan fingerprint density at radius 1 is 1.29 bits per heavy atom. The minimum absolute atomic E-state index is 0.911. The van der Waals surface area contributed by atoms with Gasteiger partial charge in [-0.05, 0) is 39.0 Å². The van der Waals surface area contributed by atoms with Crippen LogP contribution in [0.3, 0.4) is 0 Å². The third-order valence-electron chi connectivity index (χ3n) is 2.24. The normalized spacial score (nSPS) is 10.7. The fourth-order valence-corrected chi connectivity index (χ4v) is 1.33. The maximum absolute atomic E-state index is 5.21. The lowest BCUT2D eigenvalue weighted by Gasteiger charge is -2.04. The Labute approximate surface area is 85.9 Å². The Morgan fingerprint density at radius 3 is 2.71 bits per heavy atom. The lowest BCUT2D eigenvalue weighted by molar-refractivity contribution is 0.525. The lowest BCUT2D eigenvalue weighted by atomic mass is 10.2. The molecule has 1 heterocycles. The van der Waals surface area contributed by atoms with Crippen molar-refractivity contribution >= 4 is 0 Å². The molecule has 1 aromatic heterocycles. The van der Waals surface area contributed by atoms with Crippen LogP contribution in [0.1, 0.15) is 24.7 Å². The molecule has 3 heteroatoms. The van der Waals surface area contributed by atoms with E-state index in [9.17, 15) is 0 Å². The standard InChI is InChI=1S/C11H20N2O/c1-3-12-6-4-7-13-9-11-5-8-14-10(11)2/h5,8,12-13H,3-4,6-7,9H2,1-2H3. The van der Waals surface area contributed by atoms with Crippen molar-refractivity contribution in [2.24, 2.45) is 0 Å². The third kappa shape index (κ3) is 3.94. The van der Waals surface area contributed by atoms with E-state index in [1.54, 1.807) is 6.26 Å². The summed E-state index contributed by atoms with van der Waals surface area (Å²) in [5, 5.41) is 6.68. The molecule has 0 spiro atoms. The third-order valence-corrected chi connectivity index (χ3v) is 2.24. The van der Waals surface area contributed by atoms with Crippen LogP contribution >= 0.6 is 0 Å². The number of aryl methyl sites for hydroxylation is 1. The van der Waals surface area contributed by atoms with Crippen molar-refractivity contribution in [1.29, 1.82) is 0 Å². The Kier molecular flexibility index (Phi) is 5.33. The van der Waals surface area contributed by atoms with E-state index in [0.29, 0.717) is 0 Å². The van der Waals surface area contributed by atoms with Gasteiger partial charge in [-0.1, -0.05) is 6.92 Å². The molecule has 14 heavy (non-hydrogen) atoms. The van der Waals surface area contributed by atoms with Crippen LogP contribution in [0.2, 0.25) is 0 Å². The predicted molar refractivity (Wildman–Crippen MR) is 58.3 cm³/mol. The zero-order valence-electron chi connectivity index (χ0n) is 9.10. The minimum atomic E-state index is 0.911. The molecule has 0 atom stereocenters. The van der Waals surface area contributed by atoms with Crippen LogP contribution in [0.15, 0.2) is 16.7 Å². The van der Waals surface area contributed by atoms with E-state index in [0.717, 1.165) is 31.9 Å². The zero-order valence-corrected chi connectivity index (χ0v) is 9.10. The molecule has 0 unspecified atom stereocenters. The summed E-state index contributed by atoms with van der Waals surface area (Å²) in [6, 6.07) is 2.02. The Bertz CT molecular complexity index is 245. The molecule has 2 N–H and O–H groups in total. The molecule has 0 saturated heterocycles. The molecule has 0 radical (unpaired) electrons. The van der Waals surface area contributed by atoms with Gasteiger partial charge in [-0.25, -0.2) is 0 Å². The Morgan fingerprint density at radius 2 is 2.07 bits per heavy atom. The van der Waals surface area contributed by atoms with Crippen molar-refractivity contribution < 1.29 is 4.42 Å². The van der Waals surface area contributed by atoms with Crippen molar-refractivity contribution in [2.75, 3.05) is 19.6 Å². The molecular formula is C11H20N2O. The fourth-order valence-electron chi connectivity index (χ4n) is 1.33. The summed E-state index contributed by atoms with van der Waals surface area (Å²) >= 11 is 0. The molecule has 3 nitrogen and oxygen atoms in total. The Balaban J connectivity index is 2.02. The SMILES string of the molecule is CCNCCCNCc1ccoc1C. The van der Waals surface area contributed by atoms with Gasteiger partial charge in [-0.3, -0.25) is 0 Å². The first kappa shape index (κ1) is 11.3. The van der Waals surface area contributed by atoms with E-state index in [1.807, 2.05) is 13.0 Å². The molecule has 0 saturated carbocycles. The second-order valence-electron chi connectivity index (χ2n) is 3.39. The number of furan rings is 1. The van der Waals surface area contributed by atoms with Crippen molar-refractivity contribution in [2.45, 2.75) is 26.8 Å². The van der Waals surface area contributed by atoms with Gasteiger partial charge in [0.1, 0.15) is 5.76 Å². The van der Waals surface area contributed by atoms with Crippen molar-refractivity contribution in [3.8, 4) is 0 Å². The smallest absolute Gasteiger partial charge is 0.105 e. The minimum Gasteiger partial charge on any atom is -0.469 e. The van der Waals surface area contributed by atoms with Crippen molar-refractivity contribution in [3.63, 3.8) is 0 Å². The molecule has 0 aromatic carbocycles. The monoisotopic (exact) mass is 196 g/mol. The predicted octanol–water partition coefficient (Wildman–Crippen LogP) is 1.68. The maximum Gasteiger partial charge on any atom is 0.105 e. The topological polar surface area (TPSA) is 37.2 Å². The number of nitrogens with one attached hydrogen (secondary N) is 2. The fraction of sp³-hybridized carbons (Fsp3) is 0.636. The molecular weight excluding hydrogens is 176 g/mol. The lowest BCUT2D eigenvalue weighted by Crippen LogP contribution is -2.21. The molecule has 80 valence electrons. The number of hydrogen-bond donors (Lipinski definition) is 2. The highest BCUT2D eigenvalue weighted by Gasteiger charge is 1.98. The summed E-state index contributed by atoms with van der Waals surface area (Å²) in [5.74, 6) is 1.02. The van der Waals surface area contributed by atoms with Crippen LogP contribution in [0, 0.1) is 6.92 Å². The number of rotatable bonds is 7. The summed E-state index contributed by atoms with van der Waals surface area (Å²) in [5.41, 5.74) is 1.26. The molecule has 0 aliphatic carbocycles. The van der Waals surface area contributed by atoms with Crippen LogP contribution in [0.4, 0.5) is 0 Å². The molecule has 0 amide bonds. The van der Waals surface area contributed by atoms with Gasteiger partial charge in [0, 0.05) is 12.1 Å². The van der Waals surface area contributed by atoms with E-state index < -0.39 is 0 Å². The van der Waals surface area contributed by atoms with Gasteiger partial charge >= 0.3 is 0 Å². The molecule has 1 rings (SSSR count). The summed E-state index contributed by atoms with van der Waals surface area (Å²) in [6.07, 6.45) is 2.91. The first-order chi connectivity index (χ1) is 6.84. The van der Waals surface area contributed by atoms with E-state index in [-0.39, 0.29) is 0 Å². The van der Waals surface area contributed by atoms with Crippen LogP contribution in [-0.2, 0) is 6.54 Å². The first-order valence-corrected chi connectivity index (χ1v) is 5.29. The summed E-state index contributed by atoms with van der Waals surface area (Å²) < 4.78 is 5.21. The maximum atomic E-state index is 5.21. The second kappa shape index (κ2) is 6.62. The van der Waals surface area contributed by atoms with Crippen LogP contribution < -0.4 is 10.6 Å². The molecule has 0 fully saturated rings. The first-order valence-electron chi connectivity index (χ1n) is 5.29. The van der Waals surface area contributed by atoms with Gasteiger partial charge < -0.3 is 15.1 Å². The highest BCUT2D eigenvalue weighted by atomic mass is 16.3. The average molecular weight is 196 g/mol. The van der Waals surface area contributed by atoms with E-state index in [2.05, 4.69) is 17.6 Å². The summed E-state index contributed by atoms with van der Waals surface area (Å²) in [7, 11) is 0. The number of hydrogen-bond acceptors (Lipinski definition) is 3. The quantitative estimate of drug-likeness (QED) is 0.651. The summed E-state index contributed by atoms with van der Waals surface area (Å²) in [6.45, 7) is 8.23. The van der Waals surface area contributed by atoms with Gasteiger partial charge in [0.25, 0.3) is 0 Å². The van der Waals surface area contributed by atoms with Gasteiger partial charge in [0.05, 0.1) is 6.26 Å². The van der Waals surface area contributed by atoms with Gasteiger partial charge in [0.15, 0.2) is 0 Å². The molecule has 0 bridgehead atoms. The van der Waals surface area contributed by atoms with Crippen LogP contribution in [0.5, 0.6) is 0 Å². The van der Waals surface area contributed by atoms with E-state index >= 15 is 0 Å². The van der Waals surface area contributed by atoms with Gasteiger partial charge in [0.2, 0.25) is 0 Å². The van der Waals surface area contributed by atoms with Gasteiger partial charge in [-0.2, -0.15) is 0 Å². The average Bonchev–Trinajstić information content (AvgIpc) is 2.58. The van der Waals surface area contributed by atoms with E-state index in [1.165, 1.54) is 12.0 Å². The highest BCUT2D eigenvalue weighted by molar-refractivity contribution is 5.14. The van der Waals surface area contributed by atoms with E-state index in [4.69, 9.17) is 4.42 Å². The van der Waals surface area contributed by atoms with Crippen LogP contribution in [-0.4, -0.2) is 19.6 Å². The largest absolute Gasteiger partial charge is 0.469 e. The highest BCUT2D eigenvalue weighted by Crippen LogP contribution is 2.07. The Hall–Kier alpha value is -0.800. The molecule has 0 aliphatic heterocycles.